The van der Waals surface area contributed by atoms with Crippen LogP contribution in [-0.4, -0.2) is 79.7 Å². The van der Waals surface area contributed by atoms with Crippen molar-refractivity contribution >= 4 is 88.3 Å². The maximum Gasteiger partial charge on any atom is 2.00 e. The molecular formula is C60H36Fe2N24+4. The summed E-state index contributed by atoms with van der Waals surface area (Å²) in [6, 6.07) is 15.5. The Kier molecular flexibility index (Phi) is 11.9. The summed E-state index contributed by atoms with van der Waals surface area (Å²) < 4.78 is 7.90. The fourth-order valence-electron chi connectivity index (χ4n) is 10.9. The topological polar surface area (TPSA) is 278 Å². The summed E-state index contributed by atoms with van der Waals surface area (Å²) in [5.41, 5.74) is 10.5. The van der Waals surface area contributed by atoms with E-state index in [1.54, 1.807) is 49.6 Å². The average molecular weight is 1200 g/mol. The normalized spacial score (nSPS) is 11.8. The number of pyridine rings is 8. The number of fused-ring (bicyclic) bond motifs is 40. The molecule has 14 aromatic heterocycles. The molecule has 86 heavy (non-hydrogen) atoms. The number of rotatable bonds is 0. The zero-order valence-corrected chi connectivity index (χ0v) is 47.5. The van der Waals surface area contributed by atoms with Crippen LogP contribution >= 0.6 is 0 Å². The number of nitrogens with zero attached hydrogens (tertiary/aromatic N) is 24. The molecule has 0 atom stereocenters. The molecule has 0 saturated carbocycles. The second-order valence-corrected chi connectivity index (χ2v) is 20.4. The van der Waals surface area contributed by atoms with Crippen LogP contribution in [0.5, 0.6) is 0 Å². The Balaban J connectivity index is 0.000000143. The zero-order chi connectivity index (χ0) is 55.9. The Morgan fingerprint density at radius 1 is 0.244 bits per heavy atom. The summed E-state index contributed by atoms with van der Waals surface area (Å²) in [5.74, 6) is 3.93. The first-order valence-electron chi connectivity index (χ1n) is 26.4. The molecule has 14 aromatic rings. The van der Waals surface area contributed by atoms with Gasteiger partial charge in [-0.2, -0.15) is 0 Å². The molecule has 0 saturated heterocycles. The van der Waals surface area contributed by atoms with Crippen molar-refractivity contribution in [2.24, 2.45) is 28.2 Å². The minimum atomic E-state index is 0. The number of aryl methyl sites for hydroxylation is 4. The first-order valence-corrected chi connectivity index (χ1v) is 26.4. The SMILES string of the molecule is C[n+]1ccc2c(c1)-c1nc-2nc2[n-]c(nc3nc(nc4[n-]c(n1)c1cc[n+](C)cc41)-c1cc[n+](C)cc1-3)c1cc[n+](C)cc21.[Fe+2].[Fe+2].c1cc2c(cn1)-c1nc-2nc2[n-]c(nc3nc(nc4[n-]c(n1)c1ccncc41)-c1ccncc1-3)c1ccncc21. The molecular weight excluding hydrogens is 1170 g/mol. The van der Waals surface area contributed by atoms with Crippen molar-refractivity contribution in [1.29, 1.82) is 0 Å². The number of aromatic nitrogens is 24. The van der Waals surface area contributed by atoms with E-state index in [-0.39, 0.29) is 34.1 Å². The molecule has 18 heterocycles. The van der Waals surface area contributed by atoms with Gasteiger partial charge >= 0.3 is 34.1 Å². The van der Waals surface area contributed by atoms with Crippen molar-refractivity contribution in [2.75, 3.05) is 0 Å². The van der Waals surface area contributed by atoms with Crippen LogP contribution in [0.4, 0.5) is 0 Å². The Labute approximate surface area is 504 Å². The summed E-state index contributed by atoms with van der Waals surface area (Å²) in [4.78, 5) is 95.6. The van der Waals surface area contributed by atoms with Gasteiger partial charge in [0.15, 0.2) is 49.6 Å². The Bertz CT molecular complexity index is 5120. The van der Waals surface area contributed by atoms with Gasteiger partial charge in [-0.3, -0.25) is 19.9 Å². The van der Waals surface area contributed by atoms with Gasteiger partial charge in [0.25, 0.3) is 0 Å². The van der Waals surface area contributed by atoms with Gasteiger partial charge in [-0.25, -0.2) is 38.2 Å². The van der Waals surface area contributed by atoms with Crippen molar-refractivity contribution < 1.29 is 52.4 Å². The van der Waals surface area contributed by atoms with E-state index in [9.17, 15) is 0 Å². The van der Waals surface area contributed by atoms with E-state index in [0.29, 0.717) is 91.8 Å². The maximum absolute atomic E-state index is 5.02. The molecule has 0 spiro atoms. The average Bonchev–Trinajstić information content (AvgIpc) is 3.09. The molecule has 4 aliphatic heterocycles. The van der Waals surface area contributed by atoms with Crippen LogP contribution in [-0.2, 0) is 62.3 Å². The summed E-state index contributed by atoms with van der Waals surface area (Å²) in [6.45, 7) is 0. The van der Waals surface area contributed by atoms with Crippen LogP contribution in [0.3, 0.4) is 0 Å². The van der Waals surface area contributed by atoms with Crippen molar-refractivity contribution in [3.05, 3.63) is 148 Å². The Morgan fingerprint density at radius 3 is 0.895 bits per heavy atom. The molecule has 0 radical (unpaired) electrons. The van der Waals surface area contributed by atoms with Crippen molar-refractivity contribution in [3.8, 4) is 91.1 Å². The second-order valence-electron chi connectivity index (χ2n) is 20.4. The summed E-state index contributed by atoms with van der Waals surface area (Å²) in [5, 5.41) is 6.53. The molecule has 408 valence electrons. The summed E-state index contributed by atoms with van der Waals surface area (Å²) in [7, 11) is 7.89. The number of hydrogen-bond acceptors (Lipinski definition) is 16. The molecule has 16 bridgehead atoms. The smallest absolute Gasteiger partial charge is 0.357 e. The monoisotopic (exact) mass is 1200 g/mol. The minimum absolute atomic E-state index is 0. The van der Waals surface area contributed by atoms with Crippen LogP contribution in [0, 0.1) is 0 Å². The van der Waals surface area contributed by atoms with E-state index in [1.165, 1.54) is 0 Å². The molecule has 24 nitrogen and oxygen atoms in total. The van der Waals surface area contributed by atoms with Crippen LogP contribution < -0.4 is 38.2 Å². The third-order valence-electron chi connectivity index (χ3n) is 14.9. The van der Waals surface area contributed by atoms with E-state index < -0.39 is 0 Å². The Hall–Kier alpha value is -11.0. The first kappa shape index (κ1) is 51.8. The van der Waals surface area contributed by atoms with E-state index in [4.69, 9.17) is 79.7 Å². The van der Waals surface area contributed by atoms with Crippen molar-refractivity contribution in [1.82, 2.24) is 99.7 Å². The predicted molar refractivity (Wildman–Crippen MR) is 304 cm³/mol. The fourth-order valence-corrected chi connectivity index (χ4v) is 10.9. The van der Waals surface area contributed by atoms with E-state index in [2.05, 4.69) is 19.9 Å². The van der Waals surface area contributed by atoms with Gasteiger partial charge in [0, 0.05) is 174 Å². The van der Waals surface area contributed by atoms with E-state index in [0.717, 1.165) is 87.6 Å². The third kappa shape index (κ3) is 8.33. The van der Waals surface area contributed by atoms with Gasteiger partial charge in [-0.15, -0.1) is 0 Å². The molecule has 0 aliphatic carbocycles. The standard InChI is InChI=1S/C32H24N12.C28H12N12.2Fe/c1-41-9-5-17-21(13-41)29-33-25(17)38-30-23-15-43(3)11-7-19(23)27(35-30)40-32-24-16-44(4)12-8-20(24)28(36-32)39-31-22-14-42(2)10-6-18(22)26(34-31)37-29;1-5-29-9-17-13(1)21-33-25(17)38-22-15-3-7-31-11-19(15)27(35-22)40-24-16-4-8-32-12-20(16)28(36-24)39-23-14-2-6-30-10-18(14)26(34-23)37-21;;/h5-16H,1-4H3;1-12H;;/q+2;-2;2*+2. The molecule has 0 N–H and O–H groups in total. The quantitative estimate of drug-likeness (QED) is 0.141. The third-order valence-corrected chi connectivity index (χ3v) is 14.9. The molecule has 4 aliphatic rings. The van der Waals surface area contributed by atoms with Crippen LogP contribution in [0.15, 0.2) is 148 Å². The van der Waals surface area contributed by atoms with Crippen LogP contribution in [0.25, 0.3) is 179 Å². The Morgan fingerprint density at radius 2 is 0.512 bits per heavy atom. The molecule has 0 unspecified atom stereocenters. The van der Waals surface area contributed by atoms with Crippen LogP contribution in [0.1, 0.15) is 0 Å². The van der Waals surface area contributed by atoms with Gasteiger partial charge in [0.2, 0.25) is 0 Å². The van der Waals surface area contributed by atoms with Gasteiger partial charge in [-0.1, -0.05) is 0 Å². The van der Waals surface area contributed by atoms with Crippen LogP contribution in [0.2, 0.25) is 0 Å². The molecule has 0 aromatic carbocycles. The number of hydrogen-bond donors (Lipinski definition) is 0. The fraction of sp³-hybridized carbons (Fsp3) is 0.0667. The molecule has 0 fully saturated rings. The molecule has 0 amide bonds. The zero-order valence-electron chi connectivity index (χ0n) is 45.3. The van der Waals surface area contributed by atoms with Crippen molar-refractivity contribution in [3.63, 3.8) is 0 Å². The summed E-state index contributed by atoms with van der Waals surface area (Å²) >= 11 is 0. The first-order chi connectivity index (χ1) is 41.2. The maximum atomic E-state index is 5.02. The van der Waals surface area contributed by atoms with Gasteiger partial charge < -0.3 is 59.8 Å². The summed E-state index contributed by atoms with van der Waals surface area (Å²) in [6.07, 6.45) is 29.6. The molecule has 26 heteroatoms. The minimum Gasteiger partial charge on any atom is -0.357 e. The van der Waals surface area contributed by atoms with Gasteiger partial charge in [0.05, 0.1) is 68.5 Å². The predicted octanol–water partition coefficient (Wildman–Crippen LogP) is 5.13. The van der Waals surface area contributed by atoms with Crippen molar-refractivity contribution in [2.45, 2.75) is 0 Å². The van der Waals surface area contributed by atoms with Gasteiger partial charge in [-0.05, 0) is 35.0 Å². The van der Waals surface area contributed by atoms with E-state index >= 15 is 0 Å². The second kappa shape index (κ2) is 19.8. The largest absolute Gasteiger partial charge is 2.00 e. The van der Waals surface area contributed by atoms with Gasteiger partial charge in [0.1, 0.15) is 28.2 Å². The molecule has 18 rings (SSSR count). The van der Waals surface area contributed by atoms with E-state index in [1.807, 2.05) is 145 Å².